The summed E-state index contributed by atoms with van der Waals surface area (Å²) in [7, 11) is -2.88. The van der Waals surface area contributed by atoms with Crippen molar-refractivity contribution < 1.29 is 26.3 Å². The number of halogens is 4. The second kappa shape index (κ2) is 10.1. The monoisotopic (exact) mass is 564 g/mol. The van der Waals surface area contributed by atoms with E-state index in [0.717, 1.165) is 47.6 Å². The number of fused-ring (bicyclic) bond motifs is 1. The van der Waals surface area contributed by atoms with Gasteiger partial charge < -0.3 is 10.1 Å². The maximum atomic E-state index is 13.7. The predicted octanol–water partition coefficient (Wildman–Crippen LogP) is 6.29. The summed E-state index contributed by atoms with van der Waals surface area (Å²) in [6.07, 6.45) is -1.05. The summed E-state index contributed by atoms with van der Waals surface area (Å²) < 4.78 is 73.5. The SMILES string of the molecule is COc1ccc(Nc2ccc3c(CN4CCCC4)cn(S(=O)(=O)c4cccc(C(F)(F)F)c4)c3c2)c(Cl)n1. The molecule has 12 heteroatoms. The molecule has 1 aliphatic rings. The molecule has 0 atom stereocenters. The lowest BCUT2D eigenvalue weighted by atomic mass is 10.1. The average molecular weight is 565 g/mol. The van der Waals surface area contributed by atoms with Crippen LogP contribution in [0.3, 0.4) is 0 Å². The van der Waals surface area contributed by atoms with Crippen LogP contribution in [0.4, 0.5) is 24.5 Å². The molecule has 0 bridgehead atoms. The normalized spacial score (nSPS) is 14.8. The van der Waals surface area contributed by atoms with Crippen molar-refractivity contribution in [3.05, 3.63) is 77.1 Å². The molecule has 1 fully saturated rings. The summed E-state index contributed by atoms with van der Waals surface area (Å²) >= 11 is 6.26. The number of alkyl halides is 3. The highest BCUT2D eigenvalue weighted by atomic mass is 35.5. The van der Waals surface area contributed by atoms with Gasteiger partial charge in [0.15, 0.2) is 5.15 Å². The zero-order chi connectivity index (χ0) is 27.1. The van der Waals surface area contributed by atoms with Crippen molar-refractivity contribution in [3.8, 4) is 5.88 Å². The fraction of sp³-hybridized carbons (Fsp3) is 0.269. The van der Waals surface area contributed by atoms with Crippen molar-refractivity contribution in [2.24, 2.45) is 0 Å². The fourth-order valence-corrected chi connectivity index (χ4v) is 6.20. The minimum absolute atomic E-state index is 0.158. The molecule has 0 unspecified atom stereocenters. The maximum Gasteiger partial charge on any atom is 0.416 e. The summed E-state index contributed by atoms with van der Waals surface area (Å²) in [6, 6.07) is 12.3. The number of benzene rings is 2. The number of hydrogen-bond donors (Lipinski definition) is 1. The van der Waals surface area contributed by atoms with Gasteiger partial charge in [-0.15, -0.1) is 0 Å². The van der Waals surface area contributed by atoms with Gasteiger partial charge in [-0.2, -0.15) is 18.2 Å². The number of hydrogen-bond acceptors (Lipinski definition) is 6. The Morgan fingerprint density at radius 3 is 2.53 bits per heavy atom. The summed E-state index contributed by atoms with van der Waals surface area (Å²) in [5.41, 5.74) is 1.07. The number of aromatic nitrogens is 2. The molecular weight excluding hydrogens is 541 g/mol. The average Bonchev–Trinajstić information content (AvgIpc) is 3.53. The highest BCUT2D eigenvalue weighted by Gasteiger charge is 2.32. The molecule has 0 amide bonds. The first kappa shape index (κ1) is 26.3. The molecular formula is C26H24ClF3N4O3S. The van der Waals surface area contributed by atoms with Crippen LogP contribution in [0.1, 0.15) is 24.0 Å². The van der Waals surface area contributed by atoms with Crippen LogP contribution in [0.25, 0.3) is 10.9 Å². The Morgan fingerprint density at radius 1 is 1.08 bits per heavy atom. The molecule has 5 rings (SSSR count). The second-order valence-corrected chi connectivity index (χ2v) is 11.2. The zero-order valence-electron chi connectivity index (χ0n) is 20.3. The van der Waals surface area contributed by atoms with Gasteiger partial charge >= 0.3 is 6.18 Å². The van der Waals surface area contributed by atoms with E-state index in [-0.39, 0.29) is 5.15 Å². The van der Waals surface area contributed by atoms with E-state index in [2.05, 4.69) is 15.2 Å². The van der Waals surface area contributed by atoms with Gasteiger partial charge in [0, 0.05) is 29.9 Å². The Hall–Kier alpha value is -3.28. The van der Waals surface area contributed by atoms with E-state index in [9.17, 15) is 21.6 Å². The van der Waals surface area contributed by atoms with Crippen molar-refractivity contribution in [2.75, 3.05) is 25.5 Å². The molecule has 0 aliphatic carbocycles. The van der Waals surface area contributed by atoms with Crippen LogP contribution in [0, 0.1) is 0 Å². The number of nitrogens with one attached hydrogen (secondary N) is 1. The van der Waals surface area contributed by atoms with E-state index in [0.29, 0.717) is 40.8 Å². The van der Waals surface area contributed by atoms with Gasteiger partial charge in [-0.3, -0.25) is 4.90 Å². The molecule has 4 aromatic rings. The van der Waals surface area contributed by atoms with Crippen molar-refractivity contribution in [1.82, 2.24) is 13.9 Å². The second-order valence-electron chi connectivity index (χ2n) is 9.01. The molecule has 1 aliphatic heterocycles. The molecule has 3 heterocycles. The molecule has 38 heavy (non-hydrogen) atoms. The van der Waals surface area contributed by atoms with Crippen LogP contribution in [-0.4, -0.2) is 42.5 Å². The molecule has 0 saturated carbocycles. The molecule has 2 aromatic heterocycles. The largest absolute Gasteiger partial charge is 0.481 e. The van der Waals surface area contributed by atoms with Gasteiger partial charge in [-0.05, 0) is 67.9 Å². The third-order valence-electron chi connectivity index (χ3n) is 6.48. The van der Waals surface area contributed by atoms with E-state index < -0.39 is 26.7 Å². The van der Waals surface area contributed by atoms with Crippen LogP contribution < -0.4 is 10.1 Å². The lowest BCUT2D eigenvalue weighted by molar-refractivity contribution is -0.137. The van der Waals surface area contributed by atoms with E-state index in [1.807, 2.05) is 0 Å². The van der Waals surface area contributed by atoms with Crippen molar-refractivity contribution >= 4 is 43.9 Å². The van der Waals surface area contributed by atoms with Gasteiger partial charge in [0.05, 0.1) is 28.8 Å². The number of methoxy groups -OCH3 is 1. The number of pyridine rings is 1. The number of anilines is 2. The number of nitrogens with zero attached hydrogens (tertiary/aromatic N) is 3. The standard InChI is InChI=1S/C26H24ClF3N4O3S/c1-37-24-10-9-22(25(27)32-24)31-19-7-8-21-17(15-33-11-2-3-12-33)16-34(23(21)14-19)38(35,36)20-6-4-5-18(13-20)26(28,29)30/h4-10,13-14,16,31H,2-3,11-12,15H2,1H3. The van der Waals surface area contributed by atoms with E-state index in [1.54, 1.807) is 30.3 Å². The quantitative estimate of drug-likeness (QED) is 0.266. The lowest BCUT2D eigenvalue weighted by Crippen LogP contribution is -2.18. The number of ether oxygens (including phenoxy) is 1. The molecule has 200 valence electrons. The Kier molecular flexibility index (Phi) is 7.01. The minimum atomic E-state index is -4.67. The first-order valence-corrected chi connectivity index (χ1v) is 13.6. The van der Waals surface area contributed by atoms with Crippen LogP contribution in [0.15, 0.2) is 65.7 Å². The van der Waals surface area contributed by atoms with Crippen molar-refractivity contribution in [1.29, 1.82) is 0 Å². The van der Waals surface area contributed by atoms with Crippen LogP contribution in [-0.2, 0) is 22.7 Å². The third-order valence-corrected chi connectivity index (χ3v) is 8.43. The van der Waals surface area contributed by atoms with Gasteiger partial charge in [-0.1, -0.05) is 23.7 Å². The highest BCUT2D eigenvalue weighted by Crippen LogP contribution is 2.34. The third kappa shape index (κ3) is 5.18. The van der Waals surface area contributed by atoms with Crippen LogP contribution >= 0.6 is 11.6 Å². The molecule has 7 nitrogen and oxygen atoms in total. The maximum absolute atomic E-state index is 13.7. The summed E-state index contributed by atoms with van der Waals surface area (Å²) in [6.45, 7) is 2.33. The minimum Gasteiger partial charge on any atom is -0.481 e. The van der Waals surface area contributed by atoms with Crippen LogP contribution in [0.2, 0.25) is 5.15 Å². The van der Waals surface area contributed by atoms with Crippen molar-refractivity contribution in [2.45, 2.75) is 30.5 Å². The molecule has 2 aromatic carbocycles. The molecule has 0 spiro atoms. The van der Waals surface area contributed by atoms with Gasteiger partial charge in [-0.25, -0.2) is 12.4 Å². The summed E-state index contributed by atoms with van der Waals surface area (Å²) in [5.74, 6) is 0.337. The van der Waals surface area contributed by atoms with Crippen molar-refractivity contribution in [3.63, 3.8) is 0 Å². The van der Waals surface area contributed by atoms with Gasteiger partial charge in [0.2, 0.25) is 5.88 Å². The molecule has 1 saturated heterocycles. The van der Waals surface area contributed by atoms with Gasteiger partial charge in [0.25, 0.3) is 10.0 Å². The first-order chi connectivity index (χ1) is 18.1. The smallest absolute Gasteiger partial charge is 0.416 e. The fourth-order valence-electron chi connectivity index (χ4n) is 4.58. The summed E-state index contributed by atoms with van der Waals surface area (Å²) in [5, 5.41) is 3.98. The Morgan fingerprint density at radius 2 is 1.84 bits per heavy atom. The first-order valence-electron chi connectivity index (χ1n) is 11.8. The van der Waals surface area contributed by atoms with Crippen LogP contribution in [0.5, 0.6) is 5.88 Å². The Labute approximate surface area is 222 Å². The predicted molar refractivity (Wildman–Crippen MR) is 140 cm³/mol. The summed E-state index contributed by atoms with van der Waals surface area (Å²) in [4.78, 5) is 5.90. The Bertz CT molecular complexity index is 1600. The molecule has 0 radical (unpaired) electrons. The van der Waals surface area contributed by atoms with E-state index in [1.165, 1.54) is 19.4 Å². The van der Waals surface area contributed by atoms with E-state index >= 15 is 0 Å². The Balaban J connectivity index is 1.61. The van der Waals surface area contributed by atoms with Gasteiger partial charge in [0.1, 0.15) is 0 Å². The molecule has 1 N–H and O–H groups in total. The zero-order valence-corrected chi connectivity index (χ0v) is 21.9. The number of rotatable bonds is 7. The number of likely N-dealkylation sites (tertiary alicyclic amines) is 1. The lowest BCUT2D eigenvalue weighted by Gasteiger charge is -2.13. The highest BCUT2D eigenvalue weighted by molar-refractivity contribution is 7.90. The van der Waals surface area contributed by atoms with E-state index in [4.69, 9.17) is 16.3 Å². The topological polar surface area (TPSA) is 76.5 Å².